The molecule has 1 saturated heterocycles. The van der Waals surface area contributed by atoms with Crippen LogP contribution in [0, 0.1) is 17.8 Å². The highest BCUT2D eigenvalue weighted by atomic mass is 32.2. The molecule has 3 atom stereocenters. The number of nitrogens with zero attached hydrogens (tertiary/aromatic N) is 1. The molecule has 1 heterocycles. The second-order valence-electron chi connectivity index (χ2n) is 9.33. The predicted octanol–water partition coefficient (Wildman–Crippen LogP) is 3.42. The van der Waals surface area contributed by atoms with Crippen LogP contribution in [0.3, 0.4) is 0 Å². The number of hydrogen-bond acceptors (Lipinski definition) is 6. The lowest BCUT2D eigenvalue weighted by Crippen LogP contribution is -2.51. The summed E-state index contributed by atoms with van der Waals surface area (Å²) in [6, 6.07) is 9.62. The van der Waals surface area contributed by atoms with Gasteiger partial charge in [-0.3, -0.25) is 15.0 Å². The number of nitrogens with one attached hydrogen (secondary N) is 2. The molecule has 1 fully saturated rings. The van der Waals surface area contributed by atoms with Gasteiger partial charge in [-0.2, -0.15) is 0 Å². The molecule has 1 unspecified atom stereocenters. The molecule has 2 rings (SSSR count). The van der Waals surface area contributed by atoms with Crippen molar-refractivity contribution < 1.29 is 27.6 Å². The van der Waals surface area contributed by atoms with Gasteiger partial charge in [-0.1, -0.05) is 62.4 Å². The van der Waals surface area contributed by atoms with Gasteiger partial charge >= 0.3 is 0 Å². The zero-order chi connectivity index (χ0) is 26.6. The highest BCUT2D eigenvalue weighted by molar-refractivity contribution is 7.88. The van der Waals surface area contributed by atoms with Gasteiger partial charge < -0.3 is 4.74 Å². The average molecular weight is 522 g/mol. The van der Waals surface area contributed by atoms with Crippen LogP contribution in [-0.2, 0) is 29.2 Å². The van der Waals surface area contributed by atoms with E-state index in [4.69, 9.17) is 9.57 Å². The number of amides is 2. The Morgan fingerprint density at radius 2 is 1.92 bits per heavy atom. The molecule has 36 heavy (non-hydrogen) atoms. The number of ether oxygens (including phenoxy) is 1. The molecule has 1 aromatic rings. The Bertz CT molecular complexity index is 975. The van der Waals surface area contributed by atoms with E-state index in [1.54, 1.807) is 0 Å². The van der Waals surface area contributed by atoms with Crippen molar-refractivity contribution in [1.29, 1.82) is 0 Å². The number of allylic oxidation sites excluding steroid dienone is 1. The first-order valence-corrected chi connectivity index (χ1v) is 14.1. The molecule has 0 saturated carbocycles. The minimum absolute atomic E-state index is 0.0721. The summed E-state index contributed by atoms with van der Waals surface area (Å²) in [5, 5.41) is 0. The number of hydrazine groups is 1. The molecule has 200 valence electrons. The molecular weight excluding hydrogens is 482 g/mol. The largest absolute Gasteiger partial charge is 0.350 e. The summed E-state index contributed by atoms with van der Waals surface area (Å²) in [4.78, 5) is 32.2. The van der Waals surface area contributed by atoms with E-state index in [1.807, 2.05) is 56.3 Å². The van der Waals surface area contributed by atoms with E-state index in [9.17, 15) is 18.0 Å². The quantitative estimate of drug-likeness (QED) is 0.286. The van der Waals surface area contributed by atoms with Crippen molar-refractivity contribution in [2.75, 3.05) is 19.4 Å². The van der Waals surface area contributed by atoms with E-state index in [0.717, 1.165) is 29.1 Å². The van der Waals surface area contributed by atoms with Gasteiger partial charge in [0.05, 0.1) is 24.6 Å². The molecular formula is C26H39N3O6S. The summed E-state index contributed by atoms with van der Waals surface area (Å²) in [5.41, 5.74) is 5.93. The van der Waals surface area contributed by atoms with E-state index in [-0.39, 0.29) is 18.9 Å². The third kappa shape index (κ3) is 10.2. The SMILES string of the molecule is C=CCN(NC(=O)[C@H](CC(C)C)[C@H](C/C=C/c1ccccc1)C(=O)NOC1CCCCO1)S(C)(=O)=O. The number of hydrogen-bond donors (Lipinski definition) is 2. The molecule has 2 N–H and O–H groups in total. The summed E-state index contributed by atoms with van der Waals surface area (Å²) in [6.45, 7) is 7.92. The number of hydroxylamine groups is 1. The van der Waals surface area contributed by atoms with E-state index < -0.39 is 40.0 Å². The van der Waals surface area contributed by atoms with Crippen molar-refractivity contribution in [3.63, 3.8) is 0 Å². The van der Waals surface area contributed by atoms with Crippen LogP contribution < -0.4 is 10.9 Å². The Kier molecular flexibility index (Phi) is 12.3. The average Bonchev–Trinajstić information content (AvgIpc) is 2.84. The molecule has 10 heteroatoms. The number of carbonyl (C=O) groups excluding carboxylic acids is 2. The van der Waals surface area contributed by atoms with Crippen molar-refractivity contribution >= 4 is 27.9 Å². The standard InChI is InChI=1S/C26H39N3O6S/c1-5-17-29(36(4,32)33)27-25(30)23(19-20(2)3)22(15-11-14-21-12-7-6-8-13-21)26(31)28-35-24-16-9-10-18-34-24/h5-8,11-14,20,22-24H,1,9-10,15-19H2,2-4H3,(H,27,30)(H,28,31)/b14-11+/t22-,23+,24?/m0/s1. The van der Waals surface area contributed by atoms with E-state index >= 15 is 0 Å². The van der Waals surface area contributed by atoms with Crippen LogP contribution in [0.5, 0.6) is 0 Å². The number of rotatable bonds is 14. The number of carbonyl (C=O) groups is 2. The van der Waals surface area contributed by atoms with Gasteiger partial charge in [0.25, 0.3) is 0 Å². The van der Waals surface area contributed by atoms with Crippen LogP contribution in [0.4, 0.5) is 0 Å². The molecule has 0 aromatic heterocycles. The maximum absolute atomic E-state index is 13.4. The summed E-state index contributed by atoms with van der Waals surface area (Å²) in [6.07, 6.45) is 8.74. The highest BCUT2D eigenvalue weighted by Crippen LogP contribution is 2.26. The zero-order valence-electron chi connectivity index (χ0n) is 21.4. The third-order valence-corrected chi connectivity index (χ3v) is 6.78. The Labute approximate surface area is 214 Å². The Morgan fingerprint density at radius 3 is 2.50 bits per heavy atom. The first kappa shape index (κ1) is 29.7. The minimum atomic E-state index is -3.73. The summed E-state index contributed by atoms with van der Waals surface area (Å²) >= 11 is 0. The highest BCUT2D eigenvalue weighted by Gasteiger charge is 2.35. The van der Waals surface area contributed by atoms with Gasteiger partial charge in [0.2, 0.25) is 21.8 Å². The molecule has 1 aliphatic rings. The lowest BCUT2D eigenvalue weighted by Gasteiger charge is -2.29. The van der Waals surface area contributed by atoms with Crippen molar-refractivity contribution in [1.82, 2.24) is 15.3 Å². The Hall–Kier alpha value is -2.53. The second-order valence-corrected chi connectivity index (χ2v) is 11.2. The summed E-state index contributed by atoms with van der Waals surface area (Å²) in [7, 11) is -3.73. The zero-order valence-corrected chi connectivity index (χ0v) is 22.2. The van der Waals surface area contributed by atoms with Gasteiger partial charge in [-0.25, -0.2) is 18.7 Å². The lowest BCUT2D eigenvalue weighted by atomic mass is 9.82. The lowest BCUT2D eigenvalue weighted by molar-refractivity contribution is -0.203. The molecule has 0 aliphatic carbocycles. The van der Waals surface area contributed by atoms with Crippen LogP contribution in [0.25, 0.3) is 6.08 Å². The van der Waals surface area contributed by atoms with E-state index in [0.29, 0.717) is 19.4 Å². The fourth-order valence-electron chi connectivity index (χ4n) is 3.92. The van der Waals surface area contributed by atoms with Crippen LogP contribution in [0.15, 0.2) is 49.1 Å². The van der Waals surface area contributed by atoms with Gasteiger partial charge in [0.15, 0.2) is 6.29 Å². The van der Waals surface area contributed by atoms with Gasteiger partial charge in [0, 0.05) is 13.0 Å². The fourth-order valence-corrected chi connectivity index (χ4v) is 4.55. The molecule has 2 amide bonds. The molecule has 0 radical (unpaired) electrons. The number of benzene rings is 1. The van der Waals surface area contributed by atoms with Crippen molar-refractivity contribution in [2.24, 2.45) is 17.8 Å². The Morgan fingerprint density at radius 1 is 1.19 bits per heavy atom. The van der Waals surface area contributed by atoms with Crippen LogP contribution in [0.1, 0.15) is 51.5 Å². The van der Waals surface area contributed by atoms with Crippen LogP contribution in [-0.4, -0.2) is 50.3 Å². The van der Waals surface area contributed by atoms with Crippen LogP contribution >= 0.6 is 0 Å². The van der Waals surface area contributed by atoms with Gasteiger partial charge in [-0.05, 0) is 37.2 Å². The third-order valence-electron chi connectivity index (χ3n) is 5.74. The first-order chi connectivity index (χ1) is 17.1. The van der Waals surface area contributed by atoms with E-state index in [1.165, 1.54) is 6.08 Å². The molecule has 0 bridgehead atoms. The molecule has 0 spiro atoms. The second kappa shape index (κ2) is 14.9. The van der Waals surface area contributed by atoms with Gasteiger partial charge in [-0.15, -0.1) is 11.0 Å². The molecule has 1 aliphatic heterocycles. The minimum Gasteiger partial charge on any atom is -0.350 e. The smallest absolute Gasteiger partial charge is 0.247 e. The van der Waals surface area contributed by atoms with Crippen LogP contribution in [0.2, 0.25) is 0 Å². The van der Waals surface area contributed by atoms with Gasteiger partial charge in [0.1, 0.15) is 0 Å². The molecule has 9 nitrogen and oxygen atoms in total. The molecule has 1 aromatic carbocycles. The monoisotopic (exact) mass is 521 g/mol. The normalized spacial score (nSPS) is 18.2. The fraction of sp³-hybridized carbons (Fsp3) is 0.538. The first-order valence-electron chi connectivity index (χ1n) is 12.3. The van der Waals surface area contributed by atoms with Crippen molar-refractivity contribution in [3.8, 4) is 0 Å². The summed E-state index contributed by atoms with van der Waals surface area (Å²) < 4.78 is 30.7. The topological polar surface area (TPSA) is 114 Å². The maximum atomic E-state index is 13.4. The van der Waals surface area contributed by atoms with Crippen molar-refractivity contribution in [2.45, 2.75) is 52.2 Å². The predicted molar refractivity (Wildman–Crippen MR) is 139 cm³/mol. The maximum Gasteiger partial charge on any atom is 0.247 e. The number of sulfonamides is 1. The Balaban J connectivity index is 2.27. The summed E-state index contributed by atoms with van der Waals surface area (Å²) in [5.74, 6) is -2.56. The van der Waals surface area contributed by atoms with Crippen molar-refractivity contribution in [3.05, 3.63) is 54.6 Å². The van der Waals surface area contributed by atoms with E-state index in [2.05, 4.69) is 17.5 Å².